The number of ether oxygens (including phenoxy) is 1. The predicted molar refractivity (Wildman–Crippen MR) is 86.2 cm³/mol. The van der Waals surface area contributed by atoms with Crippen molar-refractivity contribution in [1.82, 2.24) is 0 Å². The summed E-state index contributed by atoms with van der Waals surface area (Å²) in [7, 11) is 0. The molecule has 20 heavy (non-hydrogen) atoms. The number of benzene rings is 2. The molecular weight excluding hydrogens is 291 g/mol. The number of rotatable bonds is 3. The second kappa shape index (κ2) is 6.07. The lowest BCUT2D eigenvalue weighted by atomic mass is 9.86. The van der Waals surface area contributed by atoms with E-state index in [0.29, 0.717) is 16.7 Å². The molecule has 0 saturated carbocycles. The summed E-state index contributed by atoms with van der Waals surface area (Å²) in [6, 6.07) is 13.6. The summed E-state index contributed by atoms with van der Waals surface area (Å²) >= 11 is 12.2. The smallest absolute Gasteiger partial charge is 0.150 e. The second-order valence-corrected chi connectivity index (χ2v) is 6.38. The van der Waals surface area contributed by atoms with Gasteiger partial charge in [0.1, 0.15) is 11.5 Å². The SMILES string of the molecule is CC(C)(C)c1ccccc1Oc1c(Cl)cccc1CCl. The number of alkyl halides is 1. The average Bonchev–Trinajstić information content (AvgIpc) is 2.40. The van der Waals surface area contributed by atoms with Crippen molar-refractivity contribution >= 4 is 23.2 Å². The van der Waals surface area contributed by atoms with Crippen molar-refractivity contribution in [3.63, 3.8) is 0 Å². The summed E-state index contributed by atoms with van der Waals surface area (Å²) in [5, 5.41) is 0.576. The van der Waals surface area contributed by atoms with Gasteiger partial charge in [0.15, 0.2) is 0 Å². The monoisotopic (exact) mass is 308 g/mol. The first kappa shape index (κ1) is 15.2. The molecule has 0 heterocycles. The van der Waals surface area contributed by atoms with Crippen LogP contribution >= 0.6 is 23.2 Å². The molecule has 0 bridgehead atoms. The molecule has 2 aromatic rings. The Morgan fingerprint density at radius 2 is 1.70 bits per heavy atom. The molecule has 0 fully saturated rings. The van der Waals surface area contributed by atoms with E-state index in [9.17, 15) is 0 Å². The Balaban J connectivity index is 2.46. The molecule has 2 rings (SSSR count). The fourth-order valence-electron chi connectivity index (χ4n) is 2.06. The number of para-hydroxylation sites is 2. The first-order valence-electron chi connectivity index (χ1n) is 6.54. The minimum atomic E-state index is -0.00101. The zero-order valence-corrected chi connectivity index (χ0v) is 13.4. The van der Waals surface area contributed by atoms with Crippen LogP contribution < -0.4 is 4.74 Å². The molecule has 0 amide bonds. The van der Waals surface area contributed by atoms with E-state index in [1.165, 1.54) is 0 Å². The molecule has 0 aromatic heterocycles. The number of hydrogen-bond donors (Lipinski definition) is 0. The van der Waals surface area contributed by atoms with E-state index < -0.39 is 0 Å². The lowest BCUT2D eigenvalue weighted by Crippen LogP contribution is -2.12. The number of hydrogen-bond acceptors (Lipinski definition) is 1. The van der Waals surface area contributed by atoms with E-state index in [4.69, 9.17) is 27.9 Å². The van der Waals surface area contributed by atoms with Crippen molar-refractivity contribution in [2.45, 2.75) is 32.1 Å². The van der Waals surface area contributed by atoms with E-state index in [0.717, 1.165) is 16.9 Å². The Morgan fingerprint density at radius 1 is 1.00 bits per heavy atom. The summed E-state index contributed by atoms with van der Waals surface area (Å²) in [4.78, 5) is 0. The van der Waals surface area contributed by atoms with Gasteiger partial charge < -0.3 is 4.74 Å². The molecular formula is C17H18Cl2O. The van der Waals surface area contributed by atoms with Gasteiger partial charge in [-0.25, -0.2) is 0 Å². The van der Waals surface area contributed by atoms with E-state index >= 15 is 0 Å². The third-order valence-electron chi connectivity index (χ3n) is 3.10. The Bertz CT molecular complexity index is 600. The molecule has 2 aromatic carbocycles. The van der Waals surface area contributed by atoms with Crippen LogP contribution in [0.25, 0.3) is 0 Å². The summed E-state index contributed by atoms with van der Waals surface area (Å²) in [6.45, 7) is 6.47. The van der Waals surface area contributed by atoms with Crippen molar-refractivity contribution in [3.8, 4) is 11.5 Å². The van der Waals surface area contributed by atoms with Crippen LogP contribution in [0, 0.1) is 0 Å². The third kappa shape index (κ3) is 3.28. The van der Waals surface area contributed by atoms with E-state index in [2.05, 4.69) is 26.8 Å². The van der Waals surface area contributed by atoms with Gasteiger partial charge in [0, 0.05) is 11.1 Å². The van der Waals surface area contributed by atoms with Gasteiger partial charge in [-0.05, 0) is 17.5 Å². The summed E-state index contributed by atoms with van der Waals surface area (Å²) in [5.74, 6) is 1.83. The Labute approximate surface area is 130 Å². The molecule has 0 atom stereocenters. The third-order valence-corrected chi connectivity index (χ3v) is 3.69. The molecule has 0 N–H and O–H groups in total. The van der Waals surface area contributed by atoms with Crippen molar-refractivity contribution in [1.29, 1.82) is 0 Å². The van der Waals surface area contributed by atoms with E-state index in [1.807, 2.05) is 36.4 Å². The van der Waals surface area contributed by atoms with Gasteiger partial charge in [0.05, 0.1) is 10.9 Å². The quantitative estimate of drug-likeness (QED) is 0.616. The summed E-state index contributed by atoms with van der Waals surface area (Å²) < 4.78 is 6.07. The first-order valence-corrected chi connectivity index (χ1v) is 7.45. The topological polar surface area (TPSA) is 9.23 Å². The van der Waals surface area contributed by atoms with Gasteiger partial charge >= 0.3 is 0 Å². The minimum absolute atomic E-state index is 0.00101. The molecule has 0 aliphatic rings. The van der Waals surface area contributed by atoms with Crippen LogP contribution in [0.5, 0.6) is 11.5 Å². The van der Waals surface area contributed by atoms with Gasteiger partial charge in [0.25, 0.3) is 0 Å². The maximum absolute atomic E-state index is 6.24. The van der Waals surface area contributed by atoms with Gasteiger partial charge in [-0.15, -0.1) is 11.6 Å². The first-order chi connectivity index (χ1) is 9.43. The van der Waals surface area contributed by atoms with Crippen molar-refractivity contribution in [3.05, 3.63) is 58.6 Å². The minimum Gasteiger partial charge on any atom is -0.455 e. The van der Waals surface area contributed by atoms with Crippen LogP contribution in [-0.4, -0.2) is 0 Å². The molecule has 106 valence electrons. The van der Waals surface area contributed by atoms with Crippen molar-refractivity contribution in [2.24, 2.45) is 0 Å². The van der Waals surface area contributed by atoms with Crippen molar-refractivity contribution in [2.75, 3.05) is 0 Å². The normalized spacial score (nSPS) is 11.4. The second-order valence-electron chi connectivity index (χ2n) is 5.71. The van der Waals surface area contributed by atoms with Crippen LogP contribution in [-0.2, 0) is 11.3 Å². The lowest BCUT2D eigenvalue weighted by molar-refractivity contribution is 0.452. The highest BCUT2D eigenvalue weighted by molar-refractivity contribution is 6.32. The highest BCUT2D eigenvalue weighted by atomic mass is 35.5. The molecule has 0 unspecified atom stereocenters. The largest absolute Gasteiger partial charge is 0.455 e. The van der Waals surface area contributed by atoms with Gasteiger partial charge in [0.2, 0.25) is 0 Å². The summed E-state index contributed by atoms with van der Waals surface area (Å²) in [6.07, 6.45) is 0. The fraction of sp³-hybridized carbons (Fsp3) is 0.294. The molecule has 0 aliphatic carbocycles. The molecule has 0 aliphatic heterocycles. The zero-order chi connectivity index (χ0) is 14.8. The summed E-state index contributed by atoms with van der Waals surface area (Å²) in [5.41, 5.74) is 2.03. The standard InChI is InChI=1S/C17H18Cl2O/c1-17(2,3)13-8-4-5-10-15(13)20-16-12(11-18)7-6-9-14(16)19/h4-10H,11H2,1-3H3. The number of halogens is 2. The van der Waals surface area contributed by atoms with Gasteiger partial charge in [-0.2, -0.15) is 0 Å². The Kier molecular flexibility index (Phi) is 4.62. The van der Waals surface area contributed by atoms with E-state index in [1.54, 1.807) is 0 Å². The Morgan fingerprint density at radius 3 is 2.35 bits per heavy atom. The van der Waals surface area contributed by atoms with Crippen LogP contribution in [0.3, 0.4) is 0 Å². The van der Waals surface area contributed by atoms with Crippen molar-refractivity contribution < 1.29 is 4.74 Å². The van der Waals surface area contributed by atoms with Crippen LogP contribution in [0.2, 0.25) is 5.02 Å². The molecule has 0 radical (unpaired) electrons. The molecule has 1 nitrogen and oxygen atoms in total. The molecule has 3 heteroatoms. The Hall–Kier alpha value is -1.18. The fourth-order valence-corrected chi connectivity index (χ4v) is 2.50. The maximum atomic E-state index is 6.24. The molecule has 0 saturated heterocycles. The van der Waals surface area contributed by atoms with Crippen LogP contribution in [0.1, 0.15) is 31.9 Å². The van der Waals surface area contributed by atoms with Crippen LogP contribution in [0.15, 0.2) is 42.5 Å². The highest BCUT2D eigenvalue weighted by Gasteiger charge is 2.20. The lowest BCUT2D eigenvalue weighted by Gasteiger charge is -2.23. The van der Waals surface area contributed by atoms with Gasteiger partial charge in [-0.3, -0.25) is 0 Å². The average molecular weight is 309 g/mol. The van der Waals surface area contributed by atoms with Crippen LogP contribution in [0.4, 0.5) is 0 Å². The molecule has 0 spiro atoms. The zero-order valence-electron chi connectivity index (χ0n) is 11.9. The van der Waals surface area contributed by atoms with E-state index in [-0.39, 0.29) is 5.41 Å². The predicted octanol–water partition coefficient (Wildman–Crippen LogP) is 6.17. The maximum Gasteiger partial charge on any atom is 0.150 e. The highest BCUT2D eigenvalue weighted by Crippen LogP contribution is 2.38. The van der Waals surface area contributed by atoms with Gasteiger partial charge in [-0.1, -0.05) is 62.7 Å².